The van der Waals surface area contributed by atoms with Gasteiger partial charge in [0.1, 0.15) is 23.0 Å². The van der Waals surface area contributed by atoms with Crippen LogP contribution in [0.15, 0.2) is 64.3 Å². The smallest absolute Gasteiger partial charge is 0.370 e. The Balaban J connectivity index is 2.16. The lowest BCUT2D eigenvalue weighted by Crippen LogP contribution is -2.52. The van der Waals surface area contributed by atoms with Crippen molar-refractivity contribution in [3.8, 4) is 5.75 Å². The van der Waals surface area contributed by atoms with E-state index in [-0.39, 0.29) is 12.1 Å². The molecule has 0 saturated heterocycles. The molecule has 0 fully saturated rings. The Kier molecular flexibility index (Phi) is 9.99. The molecule has 0 saturated carbocycles. The van der Waals surface area contributed by atoms with Crippen LogP contribution in [0.4, 0.5) is 15.8 Å². The Morgan fingerprint density at radius 3 is 2.56 bits per heavy atom. The van der Waals surface area contributed by atoms with Gasteiger partial charge in [-0.15, -0.1) is 11.8 Å². The summed E-state index contributed by atoms with van der Waals surface area (Å²) in [5.74, 6) is -1.89. The lowest BCUT2D eigenvalue weighted by molar-refractivity contribution is -0.140. The molecule has 196 valence electrons. The number of para-hydroxylation sites is 1. The Morgan fingerprint density at radius 1 is 1.22 bits per heavy atom. The molecule has 3 rings (SSSR count). The van der Waals surface area contributed by atoms with Crippen molar-refractivity contribution in [2.24, 2.45) is 0 Å². The van der Waals surface area contributed by atoms with Crippen LogP contribution < -0.4 is 9.64 Å². The molecule has 9 heteroatoms. The molecule has 36 heavy (non-hydrogen) atoms. The summed E-state index contributed by atoms with van der Waals surface area (Å²) in [4.78, 5) is 15.2. The molecular weight excluding hydrogens is 499 g/mol. The third-order valence-corrected chi connectivity index (χ3v) is 8.92. The van der Waals surface area contributed by atoms with E-state index in [1.54, 1.807) is 13.0 Å². The first kappa shape index (κ1) is 28.2. The van der Waals surface area contributed by atoms with Crippen molar-refractivity contribution in [2.75, 3.05) is 31.4 Å². The van der Waals surface area contributed by atoms with Gasteiger partial charge in [-0.3, -0.25) is 0 Å². The summed E-state index contributed by atoms with van der Waals surface area (Å²) >= 11 is 1.43. The van der Waals surface area contributed by atoms with Crippen molar-refractivity contribution < 1.29 is 22.9 Å². The van der Waals surface area contributed by atoms with Crippen LogP contribution in [-0.4, -0.2) is 46.5 Å². The zero-order valence-corrected chi connectivity index (χ0v) is 23.2. The van der Waals surface area contributed by atoms with E-state index in [9.17, 15) is 13.4 Å². The van der Waals surface area contributed by atoms with Gasteiger partial charge in [0.2, 0.25) is 5.83 Å². The Hall–Kier alpha value is -2.36. The SMILES string of the molecule is CCCCC1(CC)CN(c2ccccc2)c2cc(SC)c(O/C=C(\F)C(=O)OCC)cc2S(=O)N1C. The Morgan fingerprint density at radius 2 is 1.94 bits per heavy atom. The van der Waals surface area contributed by atoms with Crippen LogP contribution in [0.3, 0.4) is 0 Å². The zero-order chi connectivity index (χ0) is 26.3. The summed E-state index contributed by atoms with van der Waals surface area (Å²) in [5.41, 5.74) is 1.52. The number of likely N-dealkylation sites (N-methyl/N-ethyl adjacent to an activating group) is 1. The largest absolute Gasteiger partial charge is 0.461 e. The molecule has 0 radical (unpaired) electrons. The van der Waals surface area contributed by atoms with Gasteiger partial charge in [0.05, 0.1) is 27.6 Å². The van der Waals surface area contributed by atoms with E-state index in [1.165, 1.54) is 11.8 Å². The lowest BCUT2D eigenvalue weighted by atomic mass is 9.88. The number of benzene rings is 2. The van der Waals surface area contributed by atoms with Crippen LogP contribution >= 0.6 is 11.8 Å². The average molecular weight is 535 g/mol. The van der Waals surface area contributed by atoms with E-state index in [0.29, 0.717) is 17.2 Å². The number of hydrogen-bond acceptors (Lipinski definition) is 6. The summed E-state index contributed by atoms with van der Waals surface area (Å²) in [6.45, 7) is 6.65. The minimum Gasteiger partial charge on any atom is -0.461 e. The number of fused-ring (bicyclic) bond motifs is 1. The minimum atomic E-state index is -1.49. The summed E-state index contributed by atoms with van der Waals surface area (Å²) < 4.78 is 40.5. The number of hydrogen-bond donors (Lipinski definition) is 0. The number of nitrogens with zero attached hydrogens (tertiary/aromatic N) is 2. The predicted molar refractivity (Wildman–Crippen MR) is 145 cm³/mol. The van der Waals surface area contributed by atoms with Gasteiger partial charge in [-0.25, -0.2) is 13.3 Å². The third kappa shape index (κ3) is 5.95. The van der Waals surface area contributed by atoms with E-state index < -0.39 is 22.8 Å². The highest BCUT2D eigenvalue weighted by molar-refractivity contribution is 7.98. The normalized spacial score (nSPS) is 20.6. The van der Waals surface area contributed by atoms with Crippen molar-refractivity contribution in [1.29, 1.82) is 0 Å². The standard InChI is InChI=1S/C27H35FN2O4S2/c1-6-9-15-27(7-2)19-30(20-13-11-10-12-14-20)22-16-24(35-5)23(17-25(22)36(32)29(27)4)34-18-21(28)26(31)33-8-3/h10-14,16-18H,6-9,15,19H2,1-5H3/b21-18-. The van der Waals surface area contributed by atoms with E-state index in [0.717, 1.165) is 48.2 Å². The first-order valence-electron chi connectivity index (χ1n) is 12.2. The fourth-order valence-corrected chi connectivity index (χ4v) is 6.41. The van der Waals surface area contributed by atoms with Gasteiger partial charge in [0.25, 0.3) is 0 Å². The van der Waals surface area contributed by atoms with Gasteiger partial charge in [0.15, 0.2) is 0 Å². The first-order chi connectivity index (χ1) is 17.3. The topological polar surface area (TPSA) is 59.1 Å². The van der Waals surface area contributed by atoms with Crippen molar-refractivity contribution in [3.05, 3.63) is 54.6 Å². The Bertz CT molecular complexity index is 1110. The number of carbonyl (C=O) groups is 1. The van der Waals surface area contributed by atoms with Crippen LogP contribution in [0.2, 0.25) is 0 Å². The van der Waals surface area contributed by atoms with Crippen molar-refractivity contribution >= 4 is 40.1 Å². The maximum Gasteiger partial charge on any atom is 0.370 e. The van der Waals surface area contributed by atoms with Crippen LogP contribution in [0.5, 0.6) is 5.75 Å². The monoisotopic (exact) mass is 534 g/mol. The number of esters is 1. The lowest BCUT2D eigenvalue weighted by Gasteiger charge is -2.41. The molecule has 2 aromatic rings. The van der Waals surface area contributed by atoms with Gasteiger partial charge in [-0.05, 0) is 44.2 Å². The fourth-order valence-electron chi connectivity index (χ4n) is 4.39. The second-order valence-corrected chi connectivity index (χ2v) is 11.0. The second-order valence-electron chi connectivity index (χ2n) is 8.62. The first-order valence-corrected chi connectivity index (χ1v) is 14.5. The molecule has 1 aliphatic rings. The highest BCUT2D eigenvalue weighted by Gasteiger charge is 2.42. The van der Waals surface area contributed by atoms with Crippen molar-refractivity contribution in [3.63, 3.8) is 0 Å². The van der Waals surface area contributed by atoms with Crippen molar-refractivity contribution in [1.82, 2.24) is 4.31 Å². The average Bonchev–Trinajstić information content (AvgIpc) is 2.99. The zero-order valence-electron chi connectivity index (χ0n) is 21.6. The third-order valence-electron chi connectivity index (χ3n) is 6.57. The van der Waals surface area contributed by atoms with Crippen LogP contribution in [0, 0.1) is 0 Å². The molecule has 0 aliphatic carbocycles. The number of carbonyl (C=O) groups excluding carboxylic acids is 1. The molecule has 0 N–H and O–H groups in total. The number of thioether (sulfide) groups is 1. The number of rotatable bonds is 10. The van der Waals surface area contributed by atoms with E-state index >= 15 is 0 Å². The maximum absolute atomic E-state index is 14.2. The van der Waals surface area contributed by atoms with E-state index in [1.807, 2.05) is 41.9 Å². The fraction of sp³-hybridized carbons (Fsp3) is 0.444. The molecule has 2 unspecified atom stereocenters. The number of ether oxygens (including phenoxy) is 2. The molecule has 1 aliphatic heterocycles. The Labute approximate surface area is 220 Å². The highest BCUT2D eigenvalue weighted by atomic mass is 32.2. The molecule has 0 bridgehead atoms. The molecule has 2 atom stereocenters. The van der Waals surface area contributed by atoms with Crippen molar-refractivity contribution in [2.45, 2.75) is 61.8 Å². The molecule has 6 nitrogen and oxygen atoms in total. The van der Waals surface area contributed by atoms with Gasteiger partial charge in [-0.1, -0.05) is 44.9 Å². The van der Waals surface area contributed by atoms with Crippen LogP contribution in [-0.2, 0) is 20.5 Å². The molecule has 0 spiro atoms. The molecule has 0 aromatic heterocycles. The maximum atomic E-state index is 14.2. The molecular formula is C27H35FN2O4S2. The molecule has 1 heterocycles. The highest BCUT2D eigenvalue weighted by Crippen LogP contribution is 2.45. The van der Waals surface area contributed by atoms with Gasteiger partial charge in [0, 0.05) is 25.3 Å². The number of unbranched alkanes of at least 4 members (excludes halogenated alkanes) is 1. The van der Waals surface area contributed by atoms with E-state index in [4.69, 9.17) is 4.74 Å². The summed E-state index contributed by atoms with van der Waals surface area (Å²) in [6, 6.07) is 13.7. The molecule has 2 aromatic carbocycles. The summed E-state index contributed by atoms with van der Waals surface area (Å²) in [5, 5.41) is 0. The van der Waals surface area contributed by atoms with Gasteiger partial charge >= 0.3 is 5.97 Å². The second kappa shape index (κ2) is 12.7. The van der Waals surface area contributed by atoms with E-state index in [2.05, 4.69) is 35.6 Å². The van der Waals surface area contributed by atoms with Gasteiger partial charge < -0.3 is 14.4 Å². The molecule has 0 amide bonds. The summed E-state index contributed by atoms with van der Waals surface area (Å²) in [6.07, 6.45) is 6.45. The predicted octanol–water partition coefficient (Wildman–Crippen LogP) is 6.61. The summed E-state index contributed by atoms with van der Waals surface area (Å²) in [7, 11) is 0.419. The van der Waals surface area contributed by atoms with Gasteiger partial charge in [-0.2, -0.15) is 4.39 Å². The van der Waals surface area contributed by atoms with Crippen LogP contribution in [0.25, 0.3) is 0 Å². The number of halogens is 1. The number of anilines is 2. The quantitative estimate of drug-likeness (QED) is 0.148. The minimum absolute atomic E-state index is 0.0623. The van der Waals surface area contributed by atoms with Crippen LogP contribution in [0.1, 0.15) is 46.5 Å².